The molecule has 2 aromatic heterocycles. The Balaban J connectivity index is 2.86. The topological polar surface area (TPSA) is 46.9 Å². The van der Waals surface area contributed by atoms with Gasteiger partial charge in [0, 0.05) is 18.2 Å². The lowest BCUT2D eigenvalue weighted by Gasteiger charge is -2.22. The molecule has 0 fully saturated rings. The monoisotopic (exact) mass is 297 g/mol. The number of fused-ring (bicyclic) bond motifs is 1. The van der Waals surface area contributed by atoms with Gasteiger partial charge >= 0.3 is 0 Å². The smallest absolute Gasteiger partial charge is 0.193 e. The summed E-state index contributed by atoms with van der Waals surface area (Å²) in [5.74, 6) is -0.0289. The molecule has 0 unspecified atom stereocenters. The van der Waals surface area contributed by atoms with Gasteiger partial charge in [0.15, 0.2) is 16.4 Å². The van der Waals surface area contributed by atoms with E-state index in [1.165, 1.54) is 6.07 Å². The molecule has 4 nitrogen and oxygen atoms in total. The largest absolute Gasteiger partial charge is 0.369 e. The molecule has 0 atom stereocenters. The van der Waals surface area contributed by atoms with Crippen LogP contribution in [-0.4, -0.2) is 15.6 Å². The van der Waals surface area contributed by atoms with Crippen molar-refractivity contribution < 1.29 is 4.39 Å². The second-order valence-corrected chi connectivity index (χ2v) is 5.65. The van der Waals surface area contributed by atoms with Crippen LogP contribution in [0.15, 0.2) is 16.9 Å². The van der Waals surface area contributed by atoms with Gasteiger partial charge in [-0.3, -0.25) is 4.79 Å². The van der Waals surface area contributed by atoms with Crippen LogP contribution in [0, 0.1) is 5.82 Å². The lowest BCUT2D eigenvalue weighted by molar-refractivity contribution is 0.604. The van der Waals surface area contributed by atoms with Gasteiger partial charge in [0.05, 0.1) is 5.39 Å². The van der Waals surface area contributed by atoms with Crippen molar-refractivity contribution in [3.05, 3.63) is 33.3 Å². The molecule has 0 saturated carbocycles. The van der Waals surface area contributed by atoms with Crippen LogP contribution in [-0.2, 0) is 0 Å². The van der Waals surface area contributed by atoms with Crippen LogP contribution in [0.25, 0.3) is 11.0 Å². The maximum absolute atomic E-state index is 13.5. The number of halogens is 2. The predicted octanol–water partition coefficient (Wildman–Crippen LogP) is 3.59. The van der Waals surface area contributed by atoms with E-state index in [1.54, 1.807) is 0 Å². The van der Waals surface area contributed by atoms with E-state index in [-0.39, 0.29) is 28.1 Å². The predicted molar refractivity (Wildman–Crippen MR) is 80.1 cm³/mol. The minimum Gasteiger partial charge on any atom is -0.369 e. The first-order valence-electron chi connectivity index (χ1n) is 6.49. The number of anilines is 1. The molecule has 6 heteroatoms. The van der Waals surface area contributed by atoms with Gasteiger partial charge < -0.3 is 9.88 Å². The first kappa shape index (κ1) is 14.8. The van der Waals surface area contributed by atoms with Crippen LogP contribution in [0.1, 0.15) is 33.7 Å². The van der Waals surface area contributed by atoms with Gasteiger partial charge in [0.2, 0.25) is 0 Å². The number of nitrogens with zero attached hydrogens (tertiary/aromatic N) is 2. The molecule has 0 aliphatic carbocycles. The Kier molecular flexibility index (Phi) is 3.99. The molecule has 0 amide bonds. The summed E-state index contributed by atoms with van der Waals surface area (Å²) in [4.78, 5) is 16.2. The minimum absolute atomic E-state index is 0.0494. The van der Waals surface area contributed by atoms with E-state index in [0.29, 0.717) is 11.5 Å². The van der Waals surface area contributed by atoms with E-state index in [9.17, 15) is 9.18 Å². The molecule has 0 radical (unpaired) electrons. The van der Waals surface area contributed by atoms with Crippen LogP contribution < -0.4 is 10.7 Å². The fourth-order valence-corrected chi connectivity index (χ4v) is 2.27. The summed E-state index contributed by atoms with van der Waals surface area (Å²) >= 11 is 5.75. The molecular formula is C14H17ClFN3O. The van der Waals surface area contributed by atoms with Crippen molar-refractivity contribution in [3.8, 4) is 0 Å². The Morgan fingerprint density at radius 1 is 1.30 bits per heavy atom. The molecule has 0 bridgehead atoms. The average Bonchev–Trinajstić information content (AvgIpc) is 2.30. The van der Waals surface area contributed by atoms with Crippen molar-refractivity contribution in [3.63, 3.8) is 0 Å². The van der Waals surface area contributed by atoms with E-state index in [0.717, 1.165) is 6.07 Å². The molecule has 0 saturated heterocycles. The van der Waals surface area contributed by atoms with E-state index < -0.39 is 5.82 Å². The summed E-state index contributed by atoms with van der Waals surface area (Å²) in [5, 5.41) is 3.21. The van der Waals surface area contributed by atoms with Crippen LogP contribution >= 0.6 is 11.6 Å². The highest BCUT2D eigenvalue weighted by molar-refractivity contribution is 6.29. The van der Waals surface area contributed by atoms with Crippen molar-refractivity contribution in [2.45, 2.75) is 39.8 Å². The summed E-state index contributed by atoms with van der Waals surface area (Å²) in [6.45, 7) is 7.89. The number of rotatable bonds is 3. The Morgan fingerprint density at radius 2 is 1.95 bits per heavy atom. The Morgan fingerprint density at radius 3 is 2.50 bits per heavy atom. The van der Waals surface area contributed by atoms with Crippen LogP contribution in [0.5, 0.6) is 0 Å². The zero-order chi connectivity index (χ0) is 15.0. The van der Waals surface area contributed by atoms with Crippen molar-refractivity contribution in [2.24, 2.45) is 0 Å². The van der Waals surface area contributed by atoms with Gasteiger partial charge in [-0.05, 0) is 33.8 Å². The van der Waals surface area contributed by atoms with Gasteiger partial charge in [-0.15, -0.1) is 0 Å². The minimum atomic E-state index is -0.684. The van der Waals surface area contributed by atoms with E-state index in [2.05, 4.69) is 10.3 Å². The third kappa shape index (κ3) is 2.63. The van der Waals surface area contributed by atoms with Gasteiger partial charge in [0.1, 0.15) is 11.5 Å². The molecule has 0 aliphatic heterocycles. The first-order valence-corrected chi connectivity index (χ1v) is 6.87. The number of pyridine rings is 2. The fourth-order valence-electron chi connectivity index (χ4n) is 2.14. The summed E-state index contributed by atoms with van der Waals surface area (Å²) in [7, 11) is 0. The van der Waals surface area contributed by atoms with Crippen molar-refractivity contribution >= 4 is 28.5 Å². The maximum Gasteiger partial charge on any atom is 0.193 e. The highest BCUT2D eigenvalue weighted by Crippen LogP contribution is 2.24. The molecule has 0 aliphatic rings. The zero-order valence-corrected chi connectivity index (χ0v) is 12.6. The lowest BCUT2D eigenvalue weighted by atomic mass is 10.2. The zero-order valence-electron chi connectivity index (χ0n) is 11.9. The number of hydrogen-bond donors (Lipinski definition) is 1. The third-order valence-corrected chi connectivity index (χ3v) is 3.15. The van der Waals surface area contributed by atoms with Crippen LogP contribution in [0.3, 0.4) is 0 Å². The van der Waals surface area contributed by atoms with E-state index >= 15 is 0 Å². The Bertz CT molecular complexity index is 710. The summed E-state index contributed by atoms with van der Waals surface area (Å²) in [6, 6.07) is 2.82. The Hall–Kier alpha value is -1.62. The first-order chi connectivity index (χ1) is 9.31. The molecule has 0 aromatic carbocycles. The van der Waals surface area contributed by atoms with Gasteiger partial charge in [-0.25, -0.2) is 9.37 Å². The molecule has 2 heterocycles. The Labute approximate surface area is 121 Å². The molecule has 108 valence electrons. The van der Waals surface area contributed by atoms with Crippen molar-refractivity contribution in [2.75, 3.05) is 5.32 Å². The second-order valence-electron chi connectivity index (χ2n) is 5.29. The maximum atomic E-state index is 13.5. The van der Waals surface area contributed by atoms with Gasteiger partial charge in [-0.1, -0.05) is 11.6 Å². The number of nitrogens with one attached hydrogen (secondary N) is 1. The summed E-state index contributed by atoms with van der Waals surface area (Å²) in [6.07, 6.45) is 0. The molecule has 2 rings (SSSR count). The van der Waals surface area contributed by atoms with Crippen molar-refractivity contribution in [1.82, 2.24) is 9.55 Å². The highest BCUT2D eigenvalue weighted by Gasteiger charge is 2.16. The third-order valence-electron chi connectivity index (χ3n) is 2.89. The number of aromatic nitrogens is 2. The average molecular weight is 298 g/mol. The summed E-state index contributed by atoms with van der Waals surface area (Å²) < 4.78 is 15.4. The second kappa shape index (κ2) is 5.40. The van der Waals surface area contributed by atoms with E-state index in [4.69, 9.17) is 11.6 Å². The van der Waals surface area contributed by atoms with Crippen LogP contribution in [0.4, 0.5) is 10.2 Å². The standard InChI is InChI=1S/C14H17ClFN3O/c1-7(2)17-12-6-11(20)9-5-10(16)13(15)18-14(9)19(12)8(3)4/h5-8,17H,1-4H3. The lowest BCUT2D eigenvalue weighted by Crippen LogP contribution is -2.21. The normalized spacial score (nSPS) is 11.6. The SMILES string of the molecule is CC(C)Nc1cc(=O)c2cc(F)c(Cl)nc2n1C(C)C. The molecule has 0 spiro atoms. The highest BCUT2D eigenvalue weighted by atomic mass is 35.5. The molecule has 20 heavy (non-hydrogen) atoms. The summed E-state index contributed by atoms with van der Waals surface area (Å²) in [5.41, 5.74) is 0.116. The number of hydrogen-bond acceptors (Lipinski definition) is 3. The van der Waals surface area contributed by atoms with Crippen LogP contribution in [0.2, 0.25) is 5.15 Å². The van der Waals surface area contributed by atoms with Gasteiger partial charge in [-0.2, -0.15) is 0 Å². The molecule has 1 N–H and O–H groups in total. The quantitative estimate of drug-likeness (QED) is 0.881. The fraction of sp³-hybridized carbons (Fsp3) is 0.429. The van der Waals surface area contributed by atoms with Gasteiger partial charge in [0.25, 0.3) is 0 Å². The van der Waals surface area contributed by atoms with E-state index in [1.807, 2.05) is 32.3 Å². The molecular weight excluding hydrogens is 281 g/mol. The molecule has 2 aromatic rings. The van der Waals surface area contributed by atoms with Crippen molar-refractivity contribution in [1.29, 1.82) is 0 Å².